The van der Waals surface area contributed by atoms with Gasteiger partial charge in [-0.2, -0.15) is 5.26 Å². The lowest BCUT2D eigenvalue weighted by Gasteiger charge is -2.10. The zero-order chi connectivity index (χ0) is 15.2. The number of nitrogens with one attached hydrogen (secondary N) is 1. The van der Waals surface area contributed by atoms with E-state index in [-0.39, 0.29) is 0 Å². The highest BCUT2D eigenvalue weighted by molar-refractivity contribution is 7.92. The molecule has 1 rings (SSSR count). The molecule has 1 aromatic carbocycles. The second-order valence-electron chi connectivity index (χ2n) is 3.96. The average Bonchev–Trinajstić information content (AvgIpc) is 2.36. The fourth-order valence-electron chi connectivity index (χ4n) is 1.57. The molecule has 2 N–H and O–H groups in total. The summed E-state index contributed by atoms with van der Waals surface area (Å²) < 4.78 is 25.4. The van der Waals surface area contributed by atoms with E-state index in [1.54, 1.807) is 24.3 Å². The van der Waals surface area contributed by atoms with Crippen LogP contribution in [0.2, 0.25) is 0 Å². The van der Waals surface area contributed by atoms with Crippen LogP contribution in [0.3, 0.4) is 0 Å². The summed E-state index contributed by atoms with van der Waals surface area (Å²) in [6, 6.07) is 6.43. The molecule has 0 aliphatic carbocycles. The Morgan fingerprint density at radius 3 is 2.75 bits per heavy atom. The van der Waals surface area contributed by atoms with Crippen molar-refractivity contribution in [3.05, 3.63) is 35.4 Å². The summed E-state index contributed by atoms with van der Waals surface area (Å²) in [5, 5.41) is 17.0. The Balaban J connectivity index is 3.06. The van der Waals surface area contributed by atoms with Gasteiger partial charge in [0.15, 0.2) is 5.75 Å². The quantitative estimate of drug-likeness (QED) is 0.775. The summed E-state index contributed by atoms with van der Waals surface area (Å²) in [6.45, 7) is 1.85. The molecule has 20 heavy (non-hydrogen) atoms. The van der Waals surface area contributed by atoms with Gasteiger partial charge in [0.2, 0.25) is 10.0 Å². The number of aliphatic carboxylic acids is 1. The number of nitrogens with zero attached hydrogens (tertiary/aromatic N) is 1. The predicted octanol–water partition coefficient (Wildman–Crippen LogP) is 1.61. The third-order valence-corrected chi connectivity index (χ3v) is 3.49. The van der Waals surface area contributed by atoms with Gasteiger partial charge in [-0.25, -0.2) is 13.2 Å². The Bertz CT molecular complexity index is 672. The minimum absolute atomic E-state index is 0.398. The van der Waals surface area contributed by atoms with Crippen LogP contribution in [0.4, 0.5) is 5.69 Å². The fourth-order valence-corrected chi connectivity index (χ4v) is 2.34. The molecule has 0 saturated heterocycles. The maximum absolute atomic E-state index is 11.5. The van der Waals surface area contributed by atoms with Crippen LogP contribution in [-0.4, -0.2) is 25.2 Å². The number of anilines is 1. The summed E-state index contributed by atoms with van der Waals surface area (Å²) in [5.74, 6) is -1.67. The van der Waals surface area contributed by atoms with E-state index in [1.165, 1.54) is 6.08 Å². The van der Waals surface area contributed by atoms with Crippen molar-refractivity contribution in [2.24, 2.45) is 0 Å². The van der Waals surface area contributed by atoms with Gasteiger partial charge in [-0.3, -0.25) is 4.72 Å². The maximum atomic E-state index is 11.5. The number of hydrogen-bond donors (Lipinski definition) is 2. The highest BCUT2D eigenvalue weighted by atomic mass is 32.2. The van der Waals surface area contributed by atoms with Gasteiger partial charge in [-0.15, -0.1) is 0 Å². The van der Waals surface area contributed by atoms with Crippen LogP contribution < -0.4 is 4.72 Å². The number of carbonyl (C=O) groups is 1. The molecule has 0 amide bonds. The minimum atomic E-state index is -3.68. The fraction of sp³-hybridized carbons (Fsp3) is 0.231. The molecular weight excluding hydrogens is 280 g/mol. The van der Waals surface area contributed by atoms with E-state index < -0.39 is 21.7 Å². The molecule has 0 heterocycles. The van der Waals surface area contributed by atoms with Crippen LogP contribution >= 0.6 is 0 Å². The van der Waals surface area contributed by atoms with Crippen molar-refractivity contribution in [3.63, 3.8) is 0 Å². The third-order valence-electron chi connectivity index (χ3n) is 2.45. The van der Waals surface area contributed by atoms with Gasteiger partial charge in [0.1, 0.15) is 0 Å². The van der Waals surface area contributed by atoms with Gasteiger partial charge in [0.05, 0.1) is 11.8 Å². The van der Waals surface area contributed by atoms with Gasteiger partial charge < -0.3 is 5.11 Å². The number of nitriles is 1. The first-order valence-corrected chi connectivity index (χ1v) is 7.44. The number of carboxylic acid groups (broad SMARTS) is 1. The number of carboxylic acids is 1. The van der Waals surface area contributed by atoms with Crippen molar-refractivity contribution >= 4 is 27.8 Å². The lowest BCUT2D eigenvalue weighted by Crippen LogP contribution is -2.16. The molecule has 0 aliphatic heterocycles. The number of aryl methyl sites for hydroxylation is 1. The van der Waals surface area contributed by atoms with Crippen LogP contribution in [0.25, 0.3) is 6.08 Å². The number of rotatable bonds is 6. The second kappa shape index (κ2) is 6.73. The number of sulfonamides is 1. The Kier molecular flexibility index (Phi) is 5.29. The van der Waals surface area contributed by atoms with E-state index in [0.29, 0.717) is 17.7 Å². The minimum Gasteiger partial charge on any atom is -0.478 e. The van der Waals surface area contributed by atoms with Crippen LogP contribution in [0, 0.1) is 11.3 Å². The lowest BCUT2D eigenvalue weighted by molar-refractivity contribution is -0.131. The van der Waals surface area contributed by atoms with E-state index in [2.05, 4.69) is 4.72 Å². The molecule has 0 bridgehead atoms. The Morgan fingerprint density at radius 1 is 1.50 bits per heavy atom. The van der Waals surface area contributed by atoms with Crippen molar-refractivity contribution in [3.8, 4) is 6.07 Å². The van der Waals surface area contributed by atoms with Crippen molar-refractivity contribution in [2.45, 2.75) is 13.3 Å². The third kappa shape index (κ3) is 4.74. The zero-order valence-corrected chi connectivity index (χ0v) is 11.6. The van der Waals surface area contributed by atoms with E-state index >= 15 is 0 Å². The highest BCUT2D eigenvalue weighted by Gasteiger charge is 2.12. The first kappa shape index (κ1) is 15.7. The average molecular weight is 294 g/mol. The van der Waals surface area contributed by atoms with Crippen LogP contribution in [0.15, 0.2) is 24.3 Å². The van der Waals surface area contributed by atoms with Crippen molar-refractivity contribution < 1.29 is 18.3 Å². The molecular formula is C13H14N2O4S. The van der Waals surface area contributed by atoms with Gasteiger partial charge >= 0.3 is 5.97 Å². The van der Waals surface area contributed by atoms with Gasteiger partial charge in [0, 0.05) is 6.08 Å². The van der Waals surface area contributed by atoms with Crippen molar-refractivity contribution in [1.29, 1.82) is 5.26 Å². The SMILES string of the molecule is CCc1cc(/C=C/C(=O)O)ccc1NS(=O)(=O)CC#N. The molecule has 0 radical (unpaired) electrons. The first-order chi connectivity index (χ1) is 9.38. The van der Waals surface area contributed by atoms with E-state index in [4.69, 9.17) is 10.4 Å². The molecule has 106 valence electrons. The maximum Gasteiger partial charge on any atom is 0.328 e. The molecule has 1 aromatic rings. The molecule has 0 saturated carbocycles. The molecule has 0 spiro atoms. The first-order valence-electron chi connectivity index (χ1n) is 5.79. The van der Waals surface area contributed by atoms with Gasteiger partial charge in [-0.1, -0.05) is 13.0 Å². The van der Waals surface area contributed by atoms with Crippen molar-refractivity contribution in [2.75, 3.05) is 10.5 Å². The van der Waals surface area contributed by atoms with E-state index in [9.17, 15) is 13.2 Å². The van der Waals surface area contributed by atoms with Crippen LogP contribution in [0.1, 0.15) is 18.1 Å². The molecule has 6 nitrogen and oxygen atoms in total. The van der Waals surface area contributed by atoms with Crippen molar-refractivity contribution in [1.82, 2.24) is 0 Å². The van der Waals surface area contributed by atoms with Crippen LogP contribution in [-0.2, 0) is 21.2 Å². The summed E-state index contributed by atoms with van der Waals surface area (Å²) in [5.41, 5.74) is 1.78. The largest absolute Gasteiger partial charge is 0.478 e. The van der Waals surface area contributed by atoms with E-state index in [0.717, 1.165) is 11.6 Å². The summed E-state index contributed by atoms with van der Waals surface area (Å²) >= 11 is 0. The Labute approximate surface area is 117 Å². The number of hydrogen-bond acceptors (Lipinski definition) is 4. The smallest absolute Gasteiger partial charge is 0.328 e. The molecule has 0 aliphatic rings. The Morgan fingerprint density at radius 2 is 2.20 bits per heavy atom. The van der Waals surface area contributed by atoms with Gasteiger partial charge in [0.25, 0.3) is 0 Å². The summed E-state index contributed by atoms with van der Waals surface area (Å²) in [7, 11) is -3.68. The summed E-state index contributed by atoms with van der Waals surface area (Å²) in [6.07, 6.45) is 3.00. The molecule has 7 heteroatoms. The van der Waals surface area contributed by atoms with E-state index in [1.807, 2.05) is 6.92 Å². The molecule has 0 atom stereocenters. The zero-order valence-electron chi connectivity index (χ0n) is 10.8. The highest BCUT2D eigenvalue weighted by Crippen LogP contribution is 2.20. The lowest BCUT2D eigenvalue weighted by atomic mass is 10.1. The monoisotopic (exact) mass is 294 g/mol. The predicted molar refractivity (Wildman–Crippen MR) is 75.5 cm³/mol. The standard InChI is InChI=1S/C13H14N2O4S/c1-2-11-9-10(4-6-13(16)17)3-5-12(11)15-20(18,19)8-7-14/h3-6,9,15H,2,8H2,1H3,(H,16,17)/b6-4+. The Hall–Kier alpha value is -2.33. The normalized spacial score (nSPS) is 11.2. The molecule has 0 unspecified atom stereocenters. The molecule has 0 aromatic heterocycles. The molecule has 0 fully saturated rings. The van der Waals surface area contributed by atoms with Gasteiger partial charge in [-0.05, 0) is 35.8 Å². The number of benzene rings is 1. The second-order valence-corrected chi connectivity index (χ2v) is 5.68. The topological polar surface area (TPSA) is 107 Å². The summed E-state index contributed by atoms with van der Waals surface area (Å²) in [4.78, 5) is 10.4. The van der Waals surface area contributed by atoms with Crippen LogP contribution in [0.5, 0.6) is 0 Å².